The molecule has 5 nitrogen and oxygen atoms in total. The van der Waals surface area contributed by atoms with Gasteiger partial charge in [-0.05, 0) is 47.5 Å². The molecular weight excluding hydrogens is 396 g/mol. The Hall–Kier alpha value is -3.01. The van der Waals surface area contributed by atoms with Gasteiger partial charge < -0.3 is 4.74 Å². The average molecular weight is 413 g/mol. The maximum atomic E-state index is 12.6. The second-order valence-corrected chi connectivity index (χ2v) is 8.08. The summed E-state index contributed by atoms with van der Waals surface area (Å²) in [4.78, 5) is 0.104. The van der Waals surface area contributed by atoms with E-state index in [9.17, 15) is 13.7 Å². The zero-order chi connectivity index (χ0) is 20.1. The number of hydrogen-bond acceptors (Lipinski definition) is 4. The monoisotopic (exact) mass is 412 g/mol. The van der Waals surface area contributed by atoms with E-state index in [1.165, 1.54) is 25.3 Å². The Labute approximate surface area is 169 Å². The standard InChI is InChI=1S/C21H17ClN2O3S/c1-27-17-8-10-18(11-9-17)28(25,26)24-16-7-12-19(21(22)13-16)20(14-23)15-5-3-2-4-6-15/h2-13,20,24H,1H3/t20-/m1/s1. The third-order valence-electron chi connectivity index (χ3n) is 4.20. The fraction of sp³-hybridized carbons (Fsp3) is 0.0952. The molecule has 0 aliphatic carbocycles. The molecule has 28 heavy (non-hydrogen) atoms. The number of ether oxygens (including phenoxy) is 1. The highest BCUT2D eigenvalue weighted by atomic mass is 35.5. The van der Waals surface area contributed by atoms with Crippen molar-refractivity contribution in [3.05, 3.63) is 88.9 Å². The number of nitrogens with zero attached hydrogens (tertiary/aromatic N) is 1. The molecule has 1 N–H and O–H groups in total. The Kier molecular flexibility index (Phi) is 5.88. The van der Waals surface area contributed by atoms with Gasteiger partial charge in [-0.15, -0.1) is 0 Å². The van der Waals surface area contributed by atoms with Gasteiger partial charge in [0.15, 0.2) is 0 Å². The molecule has 0 aliphatic rings. The molecule has 0 amide bonds. The van der Waals surface area contributed by atoms with Crippen LogP contribution in [0.2, 0.25) is 5.02 Å². The van der Waals surface area contributed by atoms with Crippen molar-refractivity contribution in [2.24, 2.45) is 0 Å². The van der Waals surface area contributed by atoms with Crippen LogP contribution >= 0.6 is 11.6 Å². The van der Waals surface area contributed by atoms with Gasteiger partial charge in [0.25, 0.3) is 10.0 Å². The van der Waals surface area contributed by atoms with Crippen LogP contribution in [0.3, 0.4) is 0 Å². The predicted octanol–water partition coefficient (Wildman–Crippen LogP) is 4.80. The molecule has 142 valence electrons. The van der Waals surface area contributed by atoms with E-state index < -0.39 is 15.9 Å². The Morgan fingerprint density at radius 1 is 1.04 bits per heavy atom. The lowest BCUT2D eigenvalue weighted by molar-refractivity contribution is 0.414. The number of methoxy groups -OCH3 is 1. The van der Waals surface area contributed by atoms with E-state index in [1.807, 2.05) is 30.3 Å². The molecule has 0 saturated heterocycles. The topological polar surface area (TPSA) is 79.2 Å². The first-order valence-corrected chi connectivity index (χ1v) is 10.2. The zero-order valence-electron chi connectivity index (χ0n) is 15.0. The number of sulfonamides is 1. The molecule has 3 aromatic rings. The molecule has 0 aliphatic heterocycles. The Balaban J connectivity index is 1.86. The number of anilines is 1. The van der Waals surface area contributed by atoms with Crippen LogP contribution in [0, 0.1) is 11.3 Å². The third-order valence-corrected chi connectivity index (χ3v) is 5.92. The maximum Gasteiger partial charge on any atom is 0.261 e. The Morgan fingerprint density at radius 2 is 1.71 bits per heavy atom. The van der Waals surface area contributed by atoms with Crippen LogP contribution < -0.4 is 9.46 Å². The summed E-state index contributed by atoms with van der Waals surface area (Å²) in [5, 5.41) is 9.88. The number of rotatable bonds is 6. The van der Waals surface area contributed by atoms with E-state index in [-0.39, 0.29) is 4.90 Å². The zero-order valence-corrected chi connectivity index (χ0v) is 16.5. The smallest absolute Gasteiger partial charge is 0.261 e. The lowest BCUT2D eigenvalue weighted by Crippen LogP contribution is -2.13. The molecule has 0 heterocycles. The highest BCUT2D eigenvalue weighted by molar-refractivity contribution is 7.92. The second-order valence-electron chi connectivity index (χ2n) is 5.99. The van der Waals surface area contributed by atoms with E-state index in [2.05, 4.69) is 10.8 Å². The molecule has 0 radical (unpaired) electrons. The second kappa shape index (κ2) is 8.34. The Morgan fingerprint density at radius 3 is 2.29 bits per heavy atom. The molecule has 0 aromatic heterocycles. The number of halogens is 1. The fourth-order valence-electron chi connectivity index (χ4n) is 2.76. The first-order valence-electron chi connectivity index (χ1n) is 8.35. The van der Waals surface area contributed by atoms with Crippen LogP contribution in [0.1, 0.15) is 17.0 Å². The molecular formula is C21H17ClN2O3S. The van der Waals surface area contributed by atoms with Gasteiger partial charge in [-0.3, -0.25) is 4.72 Å². The van der Waals surface area contributed by atoms with Crippen LogP contribution in [0.15, 0.2) is 77.7 Å². The van der Waals surface area contributed by atoms with Crippen LogP contribution in [0.5, 0.6) is 5.75 Å². The van der Waals surface area contributed by atoms with Crippen molar-refractivity contribution < 1.29 is 13.2 Å². The van der Waals surface area contributed by atoms with Gasteiger partial charge in [0.2, 0.25) is 0 Å². The van der Waals surface area contributed by atoms with Gasteiger partial charge in [0.1, 0.15) is 5.75 Å². The van der Waals surface area contributed by atoms with Crippen LogP contribution in [0.25, 0.3) is 0 Å². The third kappa shape index (κ3) is 4.28. The predicted molar refractivity (Wildman–Crippen MR) is 109 cm³/mol. The highest BCUT2D eigenvalue weighted by Crippen LogP contribution is 2.32. The van der Waals surface area contributed by atoms with Gasteiger partial charge in [-0.1, -0.05) is 48.0 Å². The van der Waals surface area contributed by atoms with Crippen molar-refractivity contribution in [2.75, 3.05) is 11.8 Å². The lowest BCUT2D eigenvalue weighted by Gasteiger charge is -2.14. The van der Waals surface area contributed by atoms with Crippen molar-refractivity contribution in [3.8, 4) is 11.8 Å². The molecule has 7 heteroatoms. The fourth-order valence-corrected chi connectivity index (χ4v) is 4.10. The summed E-state index contributed by atoms with van der Waals surface area (Å²) >= 11 is 6.36. The largest absolute Gasteiger partial charge is 0.497 e. The van der Waals surface area contributed by atoms with Crippen molar-refractivity contribution in [2.45, 2.75) is 10.8 Å². The van der Waals surface area contributed by atoms with Crippen molar-refractivity contribution in [1.82, 2.24) is 0 Å². The SMILES string of the molecule is COc1ccc(S(=O)(=O)Nc2ccc([C@H](C#N)c3ccccc3)c(Cl)c2)cc1. The highest BCUT2D eigenvalue weighted by Gasteiger charge is 2.19. The van der Waals surface area contributed by atoms with Crippen molar-refractivity contribution in [1.29, 1.82) is 5.26 Å². The molecule has 0 bridgehead atoms. The first kappa shape index (κ1) is 19.7. The molecule has 0 fully saturated rings. The van der Waals surface area contributed by atoms with Gasteiger partial charge in [0, 0.05) is 5.02 Å². The first-order chi connectivity index (χ1) is 13.4. The minimum Gasteiger partial charge on any atom is -0.497 e. The van der Waals surface area contributed by atoms with Gasteiger partial charge >= 0.3 is 0 Å². The minimum absolute atomic E-state index is 0.104. The quantitative estimate of drug-likeness (QED) is 0.630. The van der Waals surface area contributed by atoms with E-state index in [4.69, 9.17) is 16.3 Å². The summed E-state index contributed by atoms with van der Waals surface area (Å²) in [6.07, 6.45) is 0. The van der Waals surface area contributed by atoms with E-state index >= 15 is 0 Å². The Bertz CT molecular complexity index is 1110. The number of hydrogen-bond donors (Lipinski definition) is 1. The van der Waals surface area contributed by atoms with Crippen LogP contribution in [-0.4, -0.2) is 15.5 Å². The summed E-state index contributed by atoms with van der Waals surface area (Å²) in [6, 6.07) is 22.3. The summed E-state index contributed by atoms with van der Waals surface area (Å²) < 4.78 is 32.7. The number of benzene rings is 3. The minimum atomic E-state index is -3.78. The number of nitriles is 1. The van der Waals surface area contributed by atoms with E-state index in [0.717, 1.165) is 5.56 Å². The maximum absolute atomic E-state index is 12.6. The molecule has 3 rings (SSSR count). The normalized spacial score (nSPS) is 12.0. The molecule has 0 spiro atoms. The van der Waals surface area contributed by atoms with Crippen molar-refractivity contribution in [3.63, 3.8) is 0 Å². The molecule has 1 atom stereocenters. The van der Waals surface area contributed by atoms with E-state index in [0.29, 0.717) is 22.0 Å². The summed E-state index contributed by atoms with van der Waals surface area (Å²) in [7, 11) is -2.27. The van der Waals surface area contributed by atoms with E-state index in [1.54, 1.807) is 24.3 Å². The molecule has 0 unspecified atom stereocenters. The van der Waals surface area contributed by atoms with Gasteiger partial charge in [-0.2, -0.15) is 5.26 Å². The van der Waals surface area contributed by atoms with Crippen LogP contribution in [-0.2, 0) is 10.0 Å². The average Bonchev–Trinajstić information content (AvgIpc) is 2.70. The summed E-state index contributed by atoms with van der Waals surface area (Å²) in [6.45, 7) is 0. The van der Waals surface area contributed by atoms with Gasteiger partial charge in [-0.25, -0.2) is 8.42 Å². The van der Waals surface area contributed by atoms with Gasteiger partial charge in [0.05, 0.1) is 29.7 Å². The summed E-state index contributed by atoms with van der Waals surface area (Å²) in [5.41, 5.74) is 1.75. The van der Waals surface area contributed by atoms with Crippen molar-refractivity contribution >= 4 is 27.3 Å². The molecule has 3 aromatic carbocycles. The summed E-state index contributed by atoms with van der Waals surface area (Å²) in [5.74, 6) is 0.0238. The lowest BCUT2D eigenvalue weighted by atomic mass is 9.92. The number of nitrogens with one attached hydrogen (secondary N) is 1. The molecule has 0 saturated carbocycles. The van der Waals surface area contributed by atoms with Crippen LogP contribution in [0.4, 0.5) is 5.69 Å².